The maximum Gasteiger partial charge on any atom is 0.223 e. The van der Waals surface area contributed by atoms with Crippen molar-refractivity contribution in [3.63, 3.8) is 0 Å². The van der Waals surface area contributed by atoms with Crippen molar-refractivity contribution < 1.29 is 14.3 Å². The SMILES string of the molecule is CC1CC2CCC(C1)C2(CC(=O)N1CC(O)C1)c1ccc(F)cc1. The second-order valence-corrected chi connectivity index (χ2v) is 8.22. The first-order valence-corrected chi connectivity index (χ1v) is 9.21. The van der Waals surface area contributed by atoms with Crippen LogP contribution in [0.4, 0.5) is 4.39 Å². The second-order valence-electron chi connectivity index (χ2n) is 8.22. The Hall–Kier alpha value is -1.42. The van der Waals surface area contributed by atoms with E-state index in [2.05, 4.69) is 6.92 Å². The number of carbonyl (C=O) groups is 1. The van der Waals surface area contributed by atoms with E-state index in [1.807, 2.05) is 12.1 Å². The third-order valence-corrected chi connectivity index (χ3v) is 6.73. The number of likely N-dealkylation sites (tertiary alicyclic amines) is 1. The molecule has 3 aliphatic rings. The van der Waals surface area contributed by atoms with E-state index >= 15 is 0 Å². The molecule has 2 bridgehead atoms. The minimum absolute atomic E-state index is 0.141. The number of hydrogen-bond acceptors (Lipinski definition) is 2. The zero-order valence-corrected chi connectivity index (χ0v) is 14.2. The predicted octanol–water partition coefficient (Wildman–Crippen LogP) is 3.11. The molecule has 2 saturated carbocycles. The monoisotopic (exact) mass is 331 g/mol. The van der Waals surface area contributed by atoms with Crippen LogP contribution in [0.25, 0.3) is 0 Å². The molecule has 0 radical (unpaired) electrons. The standard InChI is InChI=1S/C20H26FNO2/c1-13-8-15-2-3-16(9-13)20(15,14-4-6-17(21)7-5-14)10-19(24)22-11-18(23)12-22/h4-7,13,15-16,18,23H,2-3,8-12H2,1H3. The van der Waals surface area contributed by atoms with Gasteiger partial charge in [-0.2, -0.15) is 0 Å². The minimum Gasteiger partial charge on any atom is -0.389 e. The Morgan fingerprint density at radius 1 is 1.21 bits per heavy atom. The number of fused-ring (bicyclic) bond motifs is 2. The smallest absolute Gasteiger partial charge is 0.223 e. The summed E-state index contributed by atoms with van der Waals surface area (Å²) < 4.78 is 13.4. The van der Waals surface area contributed by atoms with Crippen LogP contribution in [0.15, 0.2) is 24.3 Å². The predicted molar refractivity (Wildman–Crippen MR) is 89.9 cm³/mol. The van der Waals surface area contributed by atoms with Crippen LogP contribution in [-0.2, 0) is 10.2 Å². The van der Waals surface area contributed by atoms with Gasteiger partial charge in [-0.3, -0.25) is 4.79 Å². The minimum atomic E-state index is -0.362. The summed E-state index contributed by atoms with van der Waals surface area (Å²) in [5, 5.41) is 9.50. The van der Waals surface area contributed by atoms with E-state index < -0.39 is 0 Å². The van der Waals surface area contributed by atoms with Crippen LogP contribution in [0.1, 0.15) is 44.6 Å². The summed E-state index contributed by atoms with van der Waals surface area (Å²) in [5.74, 6) is 1.65. The first kappa shape index (κ1) is 16.1. The summed E-state index contributed by atoms with van der Waals surface area (Å²) in [6, 6.07) is 6.86. The van der Waals surface area contributed by atoms with Gasteiger partial charge in [-0.15, -0.1) is 0 Å². The van der Waals surface area contributed by atoms with Gasteiger partial charge in [0, 0.05) is 24.9 Å². The van der Waals surface area contributed by atoms with Crippen LogP contribution in [0.3, 0.4) is 0 Å². The quantitative estimate of drug-likeness (QED) is 0.924. The van der Waals surface area contributed by atoms with Gasteiger partial charge in [-0.05, 0) is 61.1 Å². The fraction of sp³-hybridized carbons (Fsp3) is 0.650. The van der Waals surface area contributed by atoms with Crippen molar-refractivity contribution in [3.05, 3.63) is 35.6 Å². The zero-order chi connectivity index (χ0) is 16.9. The number of amides is 1. The van der Waals surface area contributed by atoms with Crippen LogP contribution in [0, 0.1) is 23.6 Å². The lowest BCUT2D eigenvalue weighted by molar-refractivity contribution is -0.144. The number of halogens is 1. The highest BCUT2D eigenvalue weighted by Crippen LogP contribution is 2.60. The Bertz CT molecular complexity index is 609. The molecule has 4 rings (SSSR count). The molecule has 1 amide bonds. The summed E-state index contributed by atoms with van der Waals surface area (Å²) in [6.07, 6.45) is 4.80. The lowest BCUT2D eigenvalue weighted by Gasteiger charge is -2.48. The molecule has 24 heavy (non-hydrogen) atoms. The van der Waals surface area contributed by atoms with E-state index in [4.69, 9.17) is 0 Å². The molecule has 130 valence electrons. The third kappa shape index (κ3) is 2.46. The molecule has 2 atom stereocenters. The van der Waals surface area contributed by atoms with Crippen molar-refractivity contribution in [2.24, 2.45) is 17.8 Å². The maximum absolute atomic E-state index is 13.4. The average Bonchev–Trinajstić information content (AvgIpc) is 2.71. The highest BCUT2D eigenvalue weighted by atomic mass is 19.1. The van der Waals surface area contributed by atoms with E-state index in [9.17, 15) is 14.3 Å². The Morgan fingerprint density at radius 3 is 2.33 bits per heavy atom. The molecule has 0 spiro atoms. The van der Waals surface area contributed by atoms with E-state index in [0.717, 1.165) is 18.4 Å². The van der Waals surface area contributed by atoms with Gasteiger partial charge >= 0.3 is 0 Å². The zero-order valence-electron chi connectivity index (χ0n) is 14.2. The molecule has 3 nitrogen and oxygen atoms in total. The lowest BCUT2D eigenvalue weighted by Crippen LogP contribution is -2.56. The average molecular weight is 331 g/mol. The molecule has 1 aromatic rings. The number of aliphatic hydroxyl groups excluding tert-OH is 1. The van der Waals surface area contributed by atoms with Crippen LogP contribution in [-0.4, -0.2) is 35.1 Å². The second kappa shape index (κ2) is 5.83. The molecule has 1 saturated heterocycles. The molecule has 1 N–H and O–H groups in total. The van der Waals surface area contributed by atoms with Gasteiger partial charge in [0.1, 0.15) is 5.82 Å². The number of hydrogen-bond donors (Lipinski definition) is 1. The fourth-order valence-electron chi connectivity index (χ4n) is 5.62. The molecule has 4 heteroatoms. The number of aliphatic hydroxyl groups is 1. The van der Waals surface area contributed by atoms with Crippen molar-refractivity contribution in [2.75, 3.05) is 13.1 Å². The van der Waals surface area contributed by atoms with Crippen molar-refractivity contribution in [1.29, 1.82) is 0 Å². The van der Waals surface area contributed by atoms with Crippen LogP contribution < -0.4 is 0 Å². The van der Waals surface area contributed by atoms with E-state index in [1.165, 1.54) is 25.0 Å². The van der Waals surface area contributed by atoms with Gasteiger partial charge in [-0.1, -0.05) is 19.1 Å². The number of rotatable bonds is 3. The van der Waals surface area contributed by atoms with Gasteiger partial charge in [0.2, 0.25) is 5.91 Å². The van der Waals surface area contributed by atoms with Crippen molar-refractivity contribution >= 4 is 5.91 Å². The third-order valence-electron chi connectivity index (χ3n) is 6.73. The fourth-order valence-corrected chi connectivity index (χ4v) is 5.62. The molecule has 1 heterocycles. The van der Waals surface area contributed by atoms with Crippen LogP contribution in [0.5, 0.6) is 0 Å². The molecule has 1 aromatic carbocycles. The Labute approximate surface area is 142 Å². The van der Waals surface area contributed by atoms with Gasteiger partial charge in [-0.25, -0.2) is 4.39 Å². The normalized spacial score (nSPS) is 35.8. The highest BCUT2D eigenvalue weighted by molar-refractivity contribution is 5.79. The summed E-state index contributed by atoms with van der Waals surface area (Å²) in [7, 11) is 0. The van der Waals surface area contributed by atoms with Gasteiger partial charge in [0.15, 0.2) is 0 Å². The first-order chi connectivity index (χ1) is 11.5. The number of carbonyl (C=O) groups excluding carboxylic acids is 1. The summed E-state index contributed by atoms with van der Waals surface area (Å²) in [5.41, 5.74) is 0.996. The molecule has 2 aliphatic carbocycles. The Morgan fingerprint density at radius 2 is 1.79 bits per heavy atom. The van der Waals surface area contributed by atoms with Crippen LogP contribution in [0.2, 0.25) is 0 Å². The Balaban J connectivity index is 1.68. The summed E-state index contributed by atoms with van der Waals surface area (Å²) in [4.78, 5) is 14.6. The van der Waals surface area contributed by atoms with Crippen molar-refractivity contribution in [3.8, 4) is 0 Å². The van der Waals surface area contributed by atoms with Crippen molar-refractivity contribution in [2.45, 2.75) is 50.5 Å². The molecule has 1 aliphatic heterocycles. The molecule has 3 fully saturated rings. The van der Waals surface area contributed by atoms with E-state index in [1.54, 1.807) is 4.90 Å². The van der Waals surface area contributed by atoms with Gasteiger partial charge < -0.3 is 10.0 Å². The first-order valence-electron chi connectivity index (χ1n) is 9.21. The molecule has 0 aromatic heterocycles. The van der Waals surface area contributed by atoms with Crippen LogP contribution >= 0.6 is 0 Å². The number of benzene rings is 1. The van der Waals surface area contributed by atoms with Crippen molar-refractivity contribution in [1.82, 2.24) is 4.90 Å². The topological polar surface area (TPSA) is 40.5 Å². The largest absolute Gasteiger partial charge is 0.389 e. The highest BCUT2D eigenvalue weighted by Gasteiger charge is 2.55. The van der Waals surface area contributed by atoms with Gasteiger partial charge in [0.05, 0.1) is 6.10 Å². The van der Waals surface area contributed by atoms with E-state index in [0.29, 0.717) is 37.3 Å². The lowest BCUT2D eigenvalue weighted by atomic mass is 9.57. The Kier molecular flexibility index (Phi) is 3.91. The van der Waals surface area contributed by atoms with Gasteiger partial charge in [0.25, 0.3) is 0 Å². The summed E-state index contributed by atoms with van der Waals surface area (Å²) >= 11 is 0. The maximum atomic E-state index is 13.4. The summed E-state index contributed by atoms with van der Waals surface area (Å²) in [6.45, 7) is 3.24. The molecular formula is C20H26FNO2. The number of β-amino-alcohol motifs (C(OH)–C–C–N with tert-alkyl or cyclic N) is 1. The number of nitrogens with zero attached hydrogens (tertiary/aromatic N) is 1. The van der Waals surface area contributed by atoms with E-state index in [-0.39, 0.29) is 23.2 Å². The molecule has 2 unspecified atom stereocenters. The molecular weight excluding hydrogens is 305 g/mol.